The molecule has 0 radical (unpaired) electrons. The van der Waals surface area contributed by atoms with Crippen molar-refractivity contribution in [2.75, 3.05) is 4.90 Å². The summed E-state index contributed by atoms with van der Waals surface area (Å²) in [6.45, 7) is 0. The van der Waals surface area contributed by atoms with E-state index in [-0.39, 0.29) is 17.8 Å². The van der Waals surface area contributed by atoms with E-state index in [1.807, 2.05) is 18.2 Å². The number of hydrogen-bond donors (Lipinski definition) is 0. The SMILES string of the molecule is O=C(c1ccccc1)N(c1cccc(F)c1)C1CC1. The molecule has 0 atom stereocenters. The summed E-state index contributed by atoms with van der Waals surface area (Å²) in [5.74, 6) is -0.377. The fourth-order valence-electron chi connectivity index (χ4n) is 2.17. The minimum Gasteiger partial charge on any atom is -0.305 e. The number of halogens is 1. The largest absolute Gasteiger partial charge is 0.305 e. The highest BCUT2D eigenvalue weighted by Gasteiger charge is 2.34. The Hall–Kier alpha value is -2.16. The lowest BCUT2D eigenvalue weighted by Gasteiger charge is -2.22. The Labute approximate surface area is 111 Å². The normalized spacial score (nSPS) is 14.2. The molecule has 0 heterocycles. The number of nitrogens with zero attached hydrogens (tertiary/aromatic N) is 1. The average Bonchev–Trinajstić information content (AvgIpc) is 3.25. The molecule has 0 bridgehead atoms. The quantitative estimate of drug-likeness (QED) is 0.820. The first kappa shape index (κ1) is 11.9. The highest BCUT2D eigenvalue weighted by Crippen LogP contribution is 2.33. The zero-order chi connectivity index (χ0) is 13.2. The Kier molecular flexibility index (Phi) is 3.03. The number of carbonyl (C=O) groups is 1. The van der Waals surface area contributed by atoms with Crippen molar-refractivity contribution in [1.29, 1.82) is 0 Å². The number of anilines is 1. The van der Waals surface area contributed by atoms with Gasteiger partial charge in [0.05, 0.1) is 0 Å². The van der Waals surface area contributed by atoms with Crippen LogP contribution in [0.5, 0.6) is 0 Å². The first-order chi connectivity index (χ1) is 9.25. The van der Waals surface area contributed by atoms with Gasteiger partial charge in [-0.15, -0.1) is 0 Å². The summed E-state index contributed by atoms with van der Waals surface area (Å²) in [5, 5.41) is 0. The first-order valence-corrected chi connectivity index (χ1v) is 6.40. The summed E-state index contributed by atoms with van der Waals surface area (Å²) in [6.07, 6.45) is 1.96. The average molecular weight is 255 g/mol. The molecule has 96 valence electrons. The maximum absolute atomic E-state index is 13.3. The highest BCUT2D eigenvalue weighted by molar-refractivity contribution is 6.06. The Morgan fingerprint density at radius 3 is 2.42 bits per heavy atom. The molecule has 1 saturated carbocycles. The second kappa shape index (κ2) is 4.84. The van der Waals surface area contributed by atoms with Crippen molar-refractivity contribution in [2.45, 2.75) is 18.9 Å². The fourth-order valence-corrected chi connectivity index (χ4v) is 2.17. The standard InChI is InChI=1S/C16H14FNO/c17-13-7-4-8-15(11-13)18(14-9-10-14)16(19)12-5-2-1-3-6-12/h1-8,11,14H,9-10H2. The maximum atomic E-state index is 13.3. The third-order valence-corrected chi connectivity index (χ3v) is 3.24. The molecule has 2 nitrogen and oxygen atoms in total. The lowest BCUT2D eigenvalue weighted by molar-refractivity contribution is 0.0985. The molecule has 0 saturated heterocycles. The topological polar surface area (TPSA) is 20.3 Å². The summed E-state index contributed by atoms with van der Waals surface area (Å²) >= 11 is 0. The van der Waals surface area contributed by atoms with Crippen molar-refractivity contribution >= 4 is 11.6 Å². The second-order valence-corrected chi connectivity index (χ2v) is 4.75. The van der Waals surface area contributed by atoms with Gasteiger partial charge in [-0.3, -0.25) is 4.79 Å². The molecule has 1 amide bonds. The monoisotopic (exact) mass is 255 g/mol. The van der Waals surface area contributed by atoms with Gasteiger partial charge in [-0.05, 0) is 43.2 Å². The maximum Gasteiger partial charge on any atom is 0.258 e. The summed E-state index contributed by atoms with van der Waals surface area (Å²) in [6, 6.07) is 15.6. The van der Waals surface area contributed by atoms with Gasteiger partial charge in [0.25, 0.3) is 5.91 Å². The zero-order valence-electron chi connectivity index (χ0n) is 10.4. The van der Waals surface area contributed by atoms with Crippen LogP contribution in [0.1, 0.15) is 23.2 Å². The number of benzene rings is 2. The molecule has 3 rings (SSSR count). The van der Waals surface area contributed by atoms with Gasteiger partial charge in [0.1, 0.15) is 5.82 Å². The van der Waals surface area contributed by atoms with Crippen molar-refractivity contribution in [3.05, 3.63) is 66.0 Å². The Morgan fingerprint density at radius 1 is 1.05 bits per heavy atom. The molecule has 2 aromatic rings. The van der Waals surface area contributed by atoms with Gasteiger partial charge in [-0.25, -0.2) is 4.39 Å². The molecular weight excluding hydrogens is 241 g/mol. The van der Waals surface area contributed by atoms with Gasteiger partial charge >= 0.3 is 0 Å². The van der Waals surface area contributed by atoms with Crippen molar-refractivity contribution in [3.8, 4) is 0 Å². The van der Waals surface area contributed by atoms with Gasteiger partial charge in [-0.1, -0.05) is 24.3 Å². The molecule has 1 fully saturated rings. The predicted molar refractivity (Wildman–Crippen MR) is 72.7 cm³/mol. The van der Waals surface area contributed by atoms with E-state index in [9.17, 15) is 9.18 Å². The number of carbonyl (C=O) groups excluding carboxylic acids is 1. The zero-order valence-corrected chi connectivity index (χ0v) is 10.4. The molecule has 0 aliphatic heterocycles. The predicted octanol–water partition coefficient (Wildman–Crippen LogP) is 3.63. The van der Waals surface area contributed by atoms with Crippen molar-refractivity contribution in [2.24, 2.45) is 0 Å². The molecular formula is C16H14FNO. The van der Waals surface area contributed by atoms with Crippen LogP contribution in [-0.4, -0.2) is 11.9 Å². The van der Waals surface area contributed by atoms with Crippen LogP contribution in [0.25, 0.3) is 0 Å². The number of rotatable bonds is 3. The van der Waals surface area contributed by atoms with Crippen LogP contribution in [0, 0.1) is 5.82 Å². The molecule has 0 unspecified atom stereocenters. The van der Waals surface area contributed by atoms with Crippen LogP contribution in [0.15, 0.2) is 54.6 Å². The molecule has 2 aromatic carbocycles. The molecule has 0 aromatic heterocycles. The van der Waals surface area contributed by atoms with Gasteiger partial charge in [-0.2, -0.15) is 0 Å². The van der Waals surface area contributed by atoms with Crippen molar-refractivity contribution < 1.29 is 9.18 Å². The van der Waals surface area contributed by atoms with E-state index in [0.717, 1.165) is 12.8 Å². The van der Waals surface area contributed by atoms with E-state index in [2.05, 4.69) is 0 Å². The smallest absolute Gasteiger partial charge is 0.258 e. The van der Waals surface area contributed by atoms with Crippen LogP contribution in [0.2, 0.25) is 0 Å². The van der Waals surface area contributed by atoms with E-state index in [4.69, 9.17) is 0 Å². The summed E-state index contributed by atoms with van der Waals surface area (Å²) in [5.41, 5.74) is 1.27. The molecule has 0 spiro atoms. The number of amides is 1. The number of hydrogen-bond acceptors (Lipinski definition) is 1. The molecule has 1 aliphatic carbocycles. The first-order valence-electron chi connectivity index (χ1n) is 6.40. The minimum atomic E-state index is -0.316. The van der Waals surface area contributed by atoms with Crippen LogP contribution in [0.4, 0.5) is 10.1 Å². The lowest BCUT2D eigenvalue weighted by atomic mass is 10.1. The van der Waals surface area contributed by atoms with Crippen LogP contribution in [-0.2, 0) is 0 Å². The van der Waals surface area contributed by atoms with Gasteiger partial charge in [0, 0.05) is 17.3 Å². The van der Waals surface area contributed by atoms with Crippen LogP contribution in [0.3, 0.4) is 0 Å². The molecule has 3 heteroatoms. The van der Waals surface area contributed by atoms with E-state index in [1.165, 1.54) is 12.1 Å². The van der Waals surface area contributed by atoms with Gasteiger partial charge in [0.2, 0.25) is 0 Å². The summed E-state index contributed by atoms with van der Waals surface area (Å²) < 4.78 is 13.3. The van der Waals surface area contributed by atoms with Crippen LogP contribution >= 0.6 is 0 Å². The van der Waals surface area contributed by atoms with E-state index < -0.39 is 0 Å². The van der Waals surface area contributed by atoms with E-state index in [1.54, 1.807) is 29.2 Å². The second-order valence-electron chi connectivity index (χ2n) is 4.75. The van der Waals surface area contributed by atoms with Crippen molar-refractivity contribution in [1.82, 2.24) is 0 Å². The van der Waals surface area contributed by atoms with Gasteiger partial charge < -0.3 is 4.90 Å². The Balaban J connectivity index is 1.96. The third-order valence-electron chi connectivity index (χ3n) is 3.24. The molecule has 1 aliphatic rings. The molecule has 19 heavy (non-hydrogen) atoms. The third kappa shape index (κ3) is 2.50. The lowest BCUT2D eigenvalue weighted by Crippen LogP contribution is -2.33. The highest BCUT2D eigenvalue weighted by atomic mass is 19.1. The Morgan fingerprint density at radius 2 is 1.79 bits per heavy atom. The molecule has 0 N–H and O–H groups in total. The minimum absolute atomic E-state index is 0.0614. The van der Waals surface area contributed by atoms with E-state index in [0.29, 0.717) is 11.3 Å². The van der Waals surface area contributed by atoms with Crippen molar-refractivity contribution in [3.63, 3.8) is 0 Å². The summed E-state index contributed by atoms with van der Waals surface area (Å²) in [4.78, 5) is 14.2. The summed E-state index contributed by atoms with van der Waals surface area (Å²) in [7, 11) is 0. The Bertz CT molecular complexity index is 593. The van der Waals surface area contributed by atoms with E-state index >= 15 is 0 Å². The van der Waals surface area contributed by atoms with Crippen LogP contribution < -0.4 is 4.90 Å². The van der Waals surface area contributed by atoms with Gasteiger partial charge in [0.15, 0.2) is 0 Å². The fraction of sp³-hybridized carbons (Fsp3) is 0.188.